The summed E-state index contributed by atoms with van der Waals surface area (Å²) in [5, 5.41) is 0. The summed E-state index contributed by atoms with van der Waals surface area (Å²) in [6.45, 7) is 1.33. The molecule has 1 N–H and O–H groups in total. The summed E-state index contributed by atoms with van der Waals surface area (Å²) >= 11 is 0. The zero-order chi connectivity index (χ0) is 16.1. The van der Waals surface area contributed by atoms with Gasteiger partial charge in [-0.3, -0.25) is 14.4 Å². The van der Waals surface area contributed by atoms with E-state index in [1.807, 2.05) is 35.2 Å². The number of nitrogens with one attached hydrogen (secondary N) is 1. The molecule has 1 saturated heterocycles. The van der Waals surface area contributed by atoms with Gasteiger partial charge in [0, 0.05) is 19.0 Å². The monoisotopic (exact) mass is 316 g/mol. The molecule has 1 aliphatic carbocycles. The van der Waals surface area contributed by atoms with Gasteiger partial charge in [-0.05, 0) is 31.2 Å². The predicted octanol–water partition coefficient (Wildman–Crippen LogP) is 2.42. The zero-order valence-corrected chi connectivity index (χ0v) is 13.4. The quantitative estimate of drug-likeness (QED) is 0.849. The van der Waals surface area contributed by atoms with Gasteiger partial charge in [0.15, 0.2) is 6.10 Å². The number of benzene rings is 1. The molecule has 0 unspecified atom stereocenters. The number of rotatable bonds is 5. The number of carbonyl (C=O) groups excluding carboxylic acids is 2. The Morgan fingerprint density at radius 1 is 1.13 bits per heavy atom. The number of carbonyl (C=O) groups is 2. The van der Waals surface area contributed by atoms with Crippen molar-refractivity contribution in [1.82, 2.24) is 10.4 Å². The maximum atomic E-state index is 12.5. The van der Waals surface area contributed by atoms with Gasteiger partial charge in [0.2, 0.25) is 5.91 Å². The van der Waals surface area contributed by atoms with Gasteiger partial charge < -0.3 is 4.90 Å². The molecule has 1 aliphatic heterocycles. The van der Waals surface area contributed by atoms with Crippen molar-refractivity contribution in [1.29, 1.82) is 0 Å². The Balaban J connectivity index is 1.51. The number of hydrogen-bond acceptors (Lipinski definition) is 3. The van der Waals surface area contributed by atoms with Crippen LogP contribution in [-0.4, -0.2) is 29.4 Å². The van der Waals surface area contributed by atoms with Gasteiger partial charge in [0.1, 0.15) is 0 Å². The van der Waals surface area contributed by atoms with Gasteiger partial charge in [-0.2, -0.15) is 0 Å². The molecule has 1 aromatic rings. The van der Waals surface area contributed by atoms with Crippen LogP contribution in [-0.2, 0) is 21.0 Å². The Bertz CT molecular complexity index is 540. The number of hydrogen-bond donors (Lipinski definition) is 1. The van der Waals surface area contributed by atoms with E-state index in [0.29, 0.717) is 13.0 Å². The third-order valence-corrected chi connectivity index (χ3v) is 4.73. The van der Waals surface area contributed by atoms with Crippen molar-refractivity contribution in [2.75, 3.05) is 6.54 Å². The van der Waals surface area contributed by atoms with E-state index in [1.54, 1.807) is 0 Å². The van der Waals surface area contributed by atoms with Crippen LogP contribution < -0.4 is 5.48 Å². The lowest BCUT2D eigenvalue weighted by molar-refractivity contribution is -0.161. The molecule has 1 saturated carbocycles. The van der Waals surface area contributed by atoms with E-state index in [0.717, 1.165) is 44.2 Å². The summed E-state index contributed by atoms with van der Waals surface area (Å²) in [6.07, 6.45) is 5.05. The molecule has 3 rings (SSSR count). The predicted molar refractivity (Wildman–Crippen MR) is 86.1 cm³/mol. The van der Waals surface area contributed by atoms with Gasteiger partial charge in [-0.1, -0.05) is 43.2 Å². The standard InChI is InChI=1S/C18H24N2O3/c21-17(15-9-4-5-10-15)19-23-16-11-6-12-20(18(16)22)13-14-7-2-1-3-8-14/h1-3,7-8,15-16H,4-6,9-13H2,(H,19,21)/t16-/m0/s1. The highest BCUT2D eigenvalue weighted by atomic mass is 16.7. The van der Waals surface area contributed by atoms with Gasteiger partial charge in [0.05, 0.1) is 0 Å². The lowest BCUT2D eigenvalue weighted by atomic mass is 10.1. The fourth-order valence-electron chi connectivity index (χ4n) is 3.38. The van der Waals surface area contributed by atoms with Crippen LogP contribution in [0.4, 0.5) is 0 Å². The van der Waals surface area contributed by atoms with Crippen molar-refractivity contribution in [3.05, 3.63) is 35.9 Å². The summed E-state index contributed by atoms with van der Waals surface area (Å²) in [5.74, 6) is -0.0589. The average molecular weight is 316 g/mol. The normalized spacial score (nSPS) is 22.3. The Labute approximate surface area is 136 Å². The van der Waals surface area contributed by atoms with Crippen LogP contribution in [0.1, 0.15) is 44.1 Å². The van der Waals surface area contributed by atoms with Crippen LogP contribution in [0.5, 0.6) is 0 Å². The van der Waals surface area contributed by atoms with Gasteiger partial charge in [0.25, 0.3) is 5.91 Å². The second-order valence-corrected chi connectivity index (χ2v) is 6.44. The van der Waals surface area contributed by atoms with Gasteiger partial charge in [-0.15, -0.1) is 0 Å². The first-order chi connectivity index (χ1) is 11.2. The molecule has 0 bridgehead atoms. The molecule has 0 aromatic heterocycles. The zero-order valence-electron chi connectivity index (χ0n) is 13.4. The maximum Gasteiger partial charge on any atom is 0.254 e. The molecule has 0 radical (unpaired) electrons. The summed E-state index contributed by atoms with van der Waals surface area (Å²) in [5.41, 5.74) is 3.63. The third kappa shape index (κ3) is 4.10. The van der Waals surface area contributed by atoms with E-state index in [-0.39, 0.29) is 17.7 Å². The summed E-state index contributed by atoms with van der Waals surface area (Å²) in [6, 6.07) is 9.93. The molecular formula is C18H24N2O3. The fourth-order valence-corrected chi connectivity index (χ4v) is 3.38. The van der Waals surface area contributed by atoms with E-state index >= 15 is 0 Å². The minimum atomic E-state index is -0.558. The molecule has 2 aliphatic rings. The highest BCUT2D eigenvalue weighted by Gasteiger charge is 2.31. The summed E-state index contributed by atoms with van der Waals surface area (Å²) < 4.78 is 0. The Hall–Kier alpha value is -1.88. The second kappa shape index (κ2) is 7.59. The van der Waals surface area contributed by atoms with Gasteiger partial charge >= 0.3 is 0 Å². The molecule has 23 heavy (non-hydrogen) atoms. The molecule has 0 spiro atoms. The Morgan fingerprint density at radius 3 is 2.61 bits per heavy atom. The first kappa shape index (κ1) is 16.0. The van der Waals surface area contributed by atoms with Crippen LogP contribution in [0.25, 0.3) is 0 Å². The largest absolute Gasteiger partial charge is 0.336 e. The topological polar surface area (TPSA) is 58.6 Å². The number of amides is 2. The minimum absolute atomic E-state index is 0.0353. The van der Waals surface area contributed by atoms with E-state index in [9.17, 15) is 9.59 Å². The van der Waals surface area contributed by atoms with Crippen molar-refractivity contribution in [2.45, 2.75) is 51.2 Å². The molecule has 124 valence electrons. The molecular weight excluding hydrogens is 292 g/mol. The van der Waals surface area contributed by atoms with E-state index < -0.39 is 6.10 Å². The summed E-state index contributed by atoms with van der Waals surface area (Å²) in [4.78, 5) is 31.8. The number of nitrogens with zero attached hydrogens (tertiary/aromatic N) is 1. The van der Waals surface area contributed by atoms with Crippen molar-refractivity contribution in [2.24, 2.45) is 5.92 Å². The Morgan fingerprint density at radius 2 is 1.87 bits per heavy atom. The second-order valence-electron chi connectivity index (χ2n) is 6.44. The molecule has 2 amide bonds. The molecule has 5 heteroatoms. The molecule has 1 atom stereocenters. The molecule has 2 fully saturated rings. The van der Waals surface area contributed by atoms with Crippen LogP contribution in [0.3, 0.4) is 0 Å². The van der Waals surface area contributed by atoms with Crippen LogP contribution in [0, 0.1) is 5.92 Å². The number of likely N-dealkylation sites (tertiary alicyclic amines) is 1. The lowest BCUT2D eigenvalue weighted by Crippen LogP contribution is -2.47. The SMILES string of the molecule is O=C(NO[C@H]1CCCN(Cc2ccccc2)C1=O)C1CCCC1. The van der Waals surface area contributed by atoms with E-state index in [2.05, 4.69) is 5.48 Å². The minimum Gasteiger partial charge on any atom is -0.336 e. The summed E-state index contributed by atoms with van der Waals surface area (Å²) in [7, 11) is 0. The highest BCUT2D eigenvalue weighted by Crippen LogP contribution is 2.25. The van der Waals surface area contributed by atoms with Crippen molar-refractivity contribution >= 4 is 11.8 Å². The van der Waals surface area contributed by atoms with Crippen LogP contribution >= 0.6 is 0 Å². The third-order valence-electron chi connectivity index (χ3n) is 4.73. The Kier molecular flexibility index (Phi) is 5.28. The highest BCUT2D eigenvalue weighted by molar-refractivity contribution is 5.82. The maximum absolute atomic E-state index is 12.5. The molecule has 5 nitrogen and oxygen atoms in total. The van der Waals surface area contributed by atoms with Crippen molar-refractivity contribution < 1.29 is 14.4 Å². The van der Waals surface area contributed by atoms with Crippen molar-refractivity contribution in [3.63, 3.8) is 0 Å². The molecule has 1 heterocycles. The van der Waals surface area contributed by atoms with Crippen molar-refractivity contribution in [3.8, 4) is 0 Å². The number of piperidine rings is 1. The smallest absolute Gasteiger partial charge is 0.254 e. The fraction of sp³-hybridized carbons (Fsp3) is 0.556. The number of hydroxylamine groups is 1. The van der Waals surface area contributed by atoms with E-state index in [4.69, 9.17) is 4.84 Å². The van der Waals surface area contributed by atoms with Crippen LogP contribution in [0.2, 0.25) is 0 Å². The van der Waals surface area contributed by atoms with Crippen LogP contribution in [0.15, 0.2) is 30.3 Å². The first-order valence-corrected chi connectivity index (χ1v) is 8.52. The lowest BCUT2D eigenvalue weighted by Gasteiger charge is -2.32. The first-order valence-electron chi connectivity index (χ1n) is 8.52. The van der Waals surface area contributed by atoms with E-state index in [1.165, 1.54) is 0 Å². The average Bonchev–Trinajstić information content (AvgIpc) is 3.11. The van der Waals surface area contributed by atoms with Gasteiger partial charge in [-0.25, -0.2) is 5.48 Å². The molecule has 1 aromatic carbocycles.